The largest absolute Gasteiger partial charge is 0.431 e. The molecule has 0 spiro atoms. The Morgan fingerprint density at radius 3 is 2.29 bits per heavy atom. The summed E-state index contributed by atoms with van der Waals surface area (Å²) in [5.74, 6) is -5.21. The molecule has 1 aliphatic heterocycles. The predicted octanol–water partition coefficient (Wildman–Crippen LogP) is 3.35. The zero-order valence-electron chi connectivity index (χ0n) is 15.8. The Morgan fingerprint density at radius 2 is 1.74 bits per heavy atom. The van der Waals surface area contributed by atoms with E-state index in [4.69, 9.17) is 5.11 Å². The number of amides is 1. The van der Waals surface area contributed by atoms with Crippen molar-refractivity contribution in [2.24, 2.45) is 11.8 Å². The summed E-state index contributed by atoms with van der Waals surface area (Å²) in [6.45, 7) is -2.01. The number of carbonyl (C=O) groups is 1. The van der Waals surface area contributed by atoms with Crippen molar-refractivity contribution in [3.8, 4) is 5.69 Å². The molecule has 4 atom stereocenters. The number of benzene rings is 1. The van der Waals surface area contributed by atoms with E-state index < -0.39 is 30.9 Å². The highest BCUT2D eigenvalue weighted by molar-refractivity contribution is 5.69. The first-order chi connectivity index (χ1) is 14.5. The van der Waals surface area contributed by atoms with E-state index in [1.54, 1.807) is 29.1 Å². The topological polar surface area (TPSA) is 67.6 Å². The fraction of sp³-hybridized carbons (Fsp3) is 0.474. The second-order valence-corrected chi connectivity index (χ2v) is 7.64. The minimum atomic E-state index is -5.53. The summed E-state index contributed by atoms with van der Waals surface area (Å²) >= 11 is 0. The van der Waals surface area contributed by atoms with Crippen molar-refractivity contribution in [1.82, 2.24) is 14.7 Å². The summed E-state index contributed by atoms with van der Waals surface area (Å²) < 4.78 is 84.0. The third-order valence-corrected chi connectivity index (χ3v) is 5.60. The van der Waals surface area contributed by atoms with Crippen LogP contribution >= 0.6 is 0 Å². The molecule has 31 heavy (non-hydrogen) atoms. The third kappa shape index (κ3) is 4.08. The van der Waals surface area contributed by atoms with Gasteiger partial charge in [-0.25, -0.2) is 13.9 Å². The normalized spacial score (nSPS) is 24.1. The Kier molecular flexibility index (Phi) is 5.15. The van der Waals surface area contributed by atoms with Gasteiger partial charge in [0, 0.05) is 25.2 Å². The van der Waals surface area contributed by atoms with Crippen LogP contribution in [0.25, 0.3) is 5.69 Å². The molecule has 6 nitrogen and oxygen atoms in total. The third-order valence-electron chi connectivity index (χ3n) is 5.60. The number of aromatic nitrogens is 2. The Bertz CT molecular complexity index is 950. The molecule has 1 N–H and O–H groups in total. The van der Waals surface area contributed by atoms with Crippen LogP contribution in [0.2, 0.25) is 0 Å². The second kappa shape index (κ2) is 7.43. The molecule has 2 heterocycles. The number of hydrogen-bond donors (Lipinski definition) is 1. The Balaban J connectivity index is 1.37. The first-order valence-corrected chi connectivity index (χ1v) is 9.33. The van der Waals surface area contributed by atoms with Crippen molar-refractivity contribution >= 4 is 6.09 Å². The number of halogens is 6. The van der Waals surface area contributed by atoms with Crippen molar-refractivity contribution in [2.45, 2.75) is 24.1 Å². The molecule has 1 aliphatic carbocycles. The number of nitrogens with zero attached hydrogens (tertiary/aromatic N) is 3. The Morgan fingerprint density at radius 1 is 1.13 bits per heavy atom. The fourth-order valence-corrected chi connectivity index (χ4v) is 4.02. The number of piperidine rings is 1. The minimum absolute atomic E-state index is 0.0250. The highest BCUT2D eigenvalue weighted by Crippen LogP contribution is 2.58. The molecule has 168 valence electrons. The molecule has 2 fully saturated rings. The lowest BCUT2D eigenvalue weighted by Gasteiger charge is -2.29. The monoisotopic (exact) mass is 449 g/mol. The van der Waals surface area contributed by atoms with Crippen LogP contribution in [0, 0.1) is 17.7 Å². The molecule has 2 aromatic rings. The van der Waals surface area contributed by atoms with Crippen LogP contribution < -0.4 is 0 Å². The van der Waals surface area contributed by atoms with Crippen molar-refractivity contribution < 1.29 is 41.0 Å². The van der Waals surface area contributed by atoms with E-state index in [1.807, 2.05) is 0 Å². The summed E-state index contributed by atoms with van der Waals surface area (Å²) in [5, 5.41) is 13.0. The number of ether oxygens (including phenoxy) is 1. The summed E-state index contributed by atoms with van der Waals surface area (Å²) in [6.07, 6.45) is -9.07. The van der Waals surface area contributed by atoms with Crippen LogP contribution in [-0.2, 0) is 4.74 Å². The number of aliphatic hydroxyl groups is 1. The van der Waals surface area contributed by atoms with Crippen LogP contribution in [0.1, 0.15) is 11.6 Å². The average Bonchev–Trinajstić information content (AvgIpc) is 3.07. The number of fused-ring (bicyclic) bond motifs is 1. The van der Waals surface area contributed by atoms with E-state index >= 15 is 0 Å². The van der Waals surface area contributed by atoms with Crippen LogP contribution in [0.4, 0.5) is 31.1 Å². The lowest BCUT2D eigenvalue weighted by molar-refractivity contribution is -0.276. The zero-order chi connectivity index (χ0) is 22.6. The second-order valence-electron chi connectivity index (χ2n) is 7.64. The molecular weight excluding hydrogens is 432 g/mol. The van der Waals surface area contributed by atoms with Gasteiger partial charge in [0.05, 0.1) is 11.4 Å². The standard InChI is InChI=1S/C19H17F6N3O3/c20-10-1-3-11(4-2-10)28-6-5-14(26-28)15-12-7-27(8-13(12)15)17(30)31-16(19(23,24)25)18(21,22)9-29/h1-6,12-13,15-16,29H,7-9H2/t12-,13+,15?,16?. The van der Waals surface area contributed by atoms with Crippen molar-refractivity contribution in [1.29, 1.82) is 0 Å². The molecule has 0 radical (unpaired) electrons. The van der Waals surface area contributed by atoms with Gasteiger partial charge in [0.25, 0.3) is 6.10 Å². The van der Waals surface area contributed by atoms with Gasteiger partial charge in [0.1, 0.15) is 12.4 Å². The number of alkyl halides is 5. The van der Waals surface area contributed by atoms with Gasteiger partial charge in [0.15, 0.2) is 0 Å². The Hall–Kier alpha value is -2.76. The summed E-state index contributed by atoms with van der Waals surface area (Å²) in [7, 11) is 0. The highest BCUT2D eigenvalue weighted by Gasteiger charge is 2.61. The molecule has 12 heteroatoms. The number of aliphatic hydroxyl groups excluding tert-OH is 1. The van der Waals surface area contributed by atoms with E-state index in [9.17, 15) is 31.1 Å². The molecule has 1 amide bonds. The van der Waals surface area contributed by atoms with Crippen molar-refractivity contribution in [3.05, 3.63) is 48.0 Å². The van der Waals surface area contributed by atoms with E-state index in [2.05, 4.69) is 9.84 Å². The van der Waals surface area contributed by atoms with Gasteiger partial charge in [-0.3, -0.25) is 0 Å². The van der Waals surface area contributed by atoms with Crippen LogP contribution in [-0.4, -0.2) is 63.8 Å². The van der Waals surface area contributed by atoms with Gasteiger partial charge >= 0.3 is 18.2 Å². The van der Waals surface area contributed by atoms with Crippen molar-refractivity contribution in [3.63, 3.8) is 0 Å². The zero-order valence-corrected chi connectivity index (χ0v) is 15.8. The highest BCUT2D eigenvalue weighted by atomic mass is 19.4. The maximum Gasteiger partial charge on any atom is 0.431 e. The van der Waals surface area contributed by atoms with E-state index in [-0.39, 0.29) is 36.7 Å². The van der Waals surface area contributed by atoms with Gasteiger partial charge in [-0.1, -0.05) is 0 Å². The van der Waals surface area contributed by atoms with E-state index in [1.165, 1.54) is 12.1 Å². The molecule has 1 aromatic carbocycles. The number of hydrogen-bond acceptors (Lipinski definition) is 4. The lowest BCUT2D eigenvalue weighted by Crippen LogP contribution is -2.51. The van der Waals surface area contributed by atoms with Crippen LogP contribution in [0.5, 0.6) is 0 Å². The quantitative estimate of drug-likeness (QED) is 0.712. The fourth-order valence-electron chi connectivity index (χ4n) is 4.02. The summed E-state index contributed by atoms with van der Waals surface area (Å²) in [6, 6.07) is 7.45. The van der Waals surface area contributed by atoms with Gasteiger partial charge < -0.3 is 14.7 Å². The predicted molar refractivity (Wildman–Crippen MR) is 93.2 cm³/mol. The Labute approximate surface area is 172 Å². The SMILES string of the molecule is O=C(OC(C(F)(F)F)C(F)(F)CO)N1C[C@@H]2C(c3ccn(-c4ccc(F)cc4)n3)[C@@H]2C1. The maximum absolute atomic E-state index is 13.4. The smallest absolute Gasteiger partial charge is 0.430 e. The van der Waals surface area contributed by atoms with Crippen LogP contribution in [0.3, 0.4) is 0 Å². The molecule has 1 saturated heterocycles. The molecule has 2 aliphatic rings. The molecule has 4 rings (SSSR count). The summed E-state index contributed by atoms with van der Waals surface area (Å²) in [5.41, 5.74) is 1.36. The summed E-state index contributed by atoms with van der Waals surface area (Å²) in [4.78, 5) is 13.0. The minimum Gasteiger partial charge on any atom is -0.430 e. The molecule has 1 aromatic heterocycles. The van der Waals surface area contributed by atoms with Crippen LogP contribution in [0.15, 0.2) is 36.5 Å². The number of carbonyl (C=O) groups excluding carboxylic acids is 1. The maximum atomic E-state index is 13.4. The van der Waals surface area contributed by atoms with Gasteiger partial charge in [-0.15, -0.1) is 0 Å². The first kappa shape index (κ1) is 21.5. The van der Waals surface area contributed by atoms with Gasteiger partial charge in [-0.05, 0) is 42.2 Å². The molecule has 2 unspecified atom stereocenters. The van der Waals surface area contributed by atoms with E-state index in [0.717, 1.165) is 4.90 Å². The first-order valence-electron chi connectivity index (χ1n) is 9.33. The average molecular weight is 449 g/mol. The van der Waals surface area contributed by atoms with Gasteiger partial charge in [0.2, 0.25) is 0 Å². The number of likely N-dealkylation sites (tertiary alicyclic amines) is 1. The molecule has 0 bridgehead atoms. The molecule has 1 saturated carbocycles. The van der Waals surface area contributed by atoms with Crippen molar-refractivity contribution in [2.75, 3.05) is 19.7 Å². The number of rotatable bonds is 5. The van der Waals surface area contributed by atoms with E-state index in [0.29, 0.717) is 11.4 Å². The van der Waals surface area contributed by atoms with Gasteiger partial charge in [-0.2, -0.15) is 27.1 Å². The molecular formula is C19H17F6N3O3. The lowest BCUT2D eigenvalue weighted by atomic mass is 10.2.